The van der Waals surface area contributed by atoms with Crippen LogP contribution in [0, 0.1) is 5.92 Å². The van der Waals surface area contributed by atoms with Crippen molar-refractivity contribution >= 4 is 17.5 Å². The van der Waals surface area contributed by atoms with E-state index >= 15 is 0 Å². The van der Waals surface area contributed by atoms with Crippen LogP contribution in [0.4, 0.5) is 5.69 Å². The lowest BCUT2D eigenvalue weighted by molar-refractivity contribution is -0.123. The van der Waals surface area contributed by atoms with Crippen molar-refractivity contribution in [1.82, 2.24) is 10.6 Å². The van der Waals surface area contributed by atoms with Crippen LogP contribution >= 0.6 is 0 Å². The highest BCUT2D eigenvalue weighted by Crippen LogP contribution is 2.28. The average molecular weight is 273 g/mol. The number of anilines is 1. The van der Waals surface area contributed by atoms with Gasteiger partial charge < -0.3 is 16.0 Å². The van der Waals surface area contributed by atoms with Crippen LogP contribution in [0.25, 0.3) is 0 Å². The monoisotopic (exact) mass is 273 g/mol. The van der Waals surface area contributed by atoms with Gasteiger partial charge in [0.15, 0.2) is 0 Å². The summed E-state index contributed by atoms with van der Waals surface area (Å²) in [6.45, 7) is 0.979. The predicted molar refractivity (Wildman–Crippen MR) is 76.3 cm³/mol. The largest absolute Gasteiger partial charge is 0.373 e. The number of rotatable bonds is 5. The smallest absolute Gasteiger partial charge is 0.242 e. The van der Waals surface area contributed by atoms with E-state index < -0.39 is 0 Å². The number of hydrogen-bond acceptors (Lipinski definition) is 3. The van der Waals surface area contributed by atoms with Crippen LogP contribution in [-0.4, -0.2) is 30.9 Å². The zero-order valence-corrected chi connectivity index (χ0v) is 11.3. The Kier molecular flexibility index (Phi) is 3.58. The molecule has 20 heavy (non-hydrogen) atoms. The van der Waals surface area contributed by atoms with Gasteiger partial charge in [-0.2, -0.15) is 0 Å². The zero-order chi connectivity index (χ0) is 13.9. The Hall–Kier alpha value is -2.04. The van der Waals surface area contributed by atoms with E-state index in [1.54, 1.807) is 0 Å². The molecule has 1 aromatic rings. The van der Waals surface area contributed by atoms with Gasteiger partial charge in [-0.15, -0.1) is 0 Å². The van der Waals surface area contributed by atoms with Crippen LogP contribution in [0.15, 0.2) is 24.3 Å². The molecule has 2 amide bonds. The topological polar surface area (TPSA) is 70.2 Å². The van der Waals surface area contributed by atoms with E-state index in [4.69, 9.17) is 0 Å². The molecule has 106 valence electrons. The highest BCUT2D eigenvalue weighted by molar-refractivity contribution is 5.87. The maximum absolute atomic E-state index is 12.0. The molecule has 1 fully saturated rings. The molecule has 0 saturated heterocycles. The van der Waals surface area contributed by atoms with Gasteiger partial charge in [0.25, 0.3) is 0 Å². The summed E-state index contributed by atoms with van der Waals surface area (Å²) in [4.78, 5) is 23.4. The number of amides is 2. The highest BCUT2D eigenvalue weighted by Gasteiger charge is 2.29. The first-order chi connectivity index (χ1) is 9.74. The minimum absolute atomic E-state index is 0.0122. The summed E-state index contributed by atoms with van der Waals surface area (Å²) in [7, 11) is 0. The maximum atomic E-state index is 12.0. The van der Waals surface area contributed by atoms with Gasteiger partial charge in [0.1, 0.15) is 6.04 Å². The number of hydrogen-bond donors (Lipinski definition) is 3. The predicted octanol–water partition coefficient (Wildman–Crippen LogP) is 0.666. The Bertz CT molecular complexity index is 501. The Morgan fingerprint density at radius 1 is 1.10 bits per heavy atom. The Morgan fingerprint density at radius 2 is 1.80 bits per heavy atom. The van der Waals surface area contributed by atoms with Crippen molar-refractivity contribution in [3.8, 4) is 0 Å². The minimum atomic E-state index is -0.202. The second-order valence-corrected chi connectivity index (χ2v) is 5.41. The summed E-state index contributed by atoms with van der Waals surface area (Å²) in [5, 5.41) is 8.90. The van der Waals surface area contributed by atoms with Gasteiger partial charge in [0, 0.05) is 31.1 Å². The molecule has 1 aliphatic heterocycles. The van der Waals surface area contributed by atoms with Crippen LogP contribution in [0.2, 0.25) is 0 Å². The van der Waals surface area contributed by atoms with E-state index in [0.717, 1.165) is 24.9 Å². The molecule has 2 aliphatic rings. The summed E-state index contributed by atoms with van der Waals surface area (Å²) in [5.41, 5.74) is 2.21. The van der Waals surface area contributed by atoms with E-state index in [1.165, 1.54) is 5.56 Å². The van der Waals surface area contributed by atoms with Crippen molar-refractivity contribution < 1.29 is 9.59 Å². The van der Waals surface area contributed by atoms with Crippen molar-refractivity contribution in [2.45, 2.75) is 25.3 Å². The van der Waals surface area contributed by atoms with E-state index in [-0.39, 0.29) is 23.8 Å². The Balaban J connectivity index is 1.39. The van der Waals surface area contributed by atoms with Gasteiger partial charge in [-0.1, -0.05) is 18.2 Å². The Labute approximate surface area is 118 Å². The standard InChI is InChI=1S/C15H19N3O2/c19-14(10-5-6-10)16-7-8-17-15(20)13-9-11-3-1-2-4-12(11)18-13/h1-4,10,13,18H,5-9H2,(H,16,19)(H,17,20). The molecule has 1 aliphatic carbocycles. The summed E-state index contributed by atoms with van der Waals surface area (Å²) in [5.74, 6) is 0.323. The number of benzene rings is 1. The number of para-hydroxylation sites is 1. The van der Waals surface area contributed by atoms with Gasteiger partial charge in [-0.3, -0.25) is 9.59 Å². The molecule has 3 rings (SSSR count). The molecule has 1 unspecified atom stereocenters. The lowest BCUT2D eigenvalue weighted by Crippen LogP contribution is -2.42. The second-order valence-electron chi connectivity index (χ2n) is 5.41. The number of carbonyl (C=O) groups excluding carboxylic acids is 2. The fourth-order valence-corrected chi connectivity index (χ4v) is 2.44. The molecule has 3 N–H and O–H groups in total. The first-order valence-corrected chi connectivity index (χ1v) is 7.14. The molecule has 1 saturated carbocycles. The molecular weight excluding hydrogens is 254 g/mol. The molecule has 0 aromatic heterocycles. The molecule has 1 heterocycles. The third-order valence-electron chi connectivity index (χ3n) is 3.76. The SMILES string of the molecule is O=C(NCCNC(=O)C1Cc2ccccc2N1)C1CC1. The van der Waals surface area contributed by atoms with Crippen LogP contribution < -0.4 is 16.0 Å². The summed E-state index contributed by atoms with van der Waals surface area (Å²) >= 11 is 0. The fourth-order valence-electron chi connectivity index (χ4n) is 2.44. The van der Waals surface area contributed by atoms with Crippen molar-refractivity contribution in [3.63, 3.8) is 0 Å². The number of fused-ring (bicyclic) bond motifs is 1. The number of carbonyl (C=O) groups is 2. The average Bonchev–Trinajstić information content (AvgIpc) is 3.21. The normalized spacial score (nSPS) is 19.9. The first kappa shape index (κ1) is 13.0. The lowest BCUT2D eigenvalue weighted by Gasteiger charge is -2.12. The molecule has 1 atom stereocenters. The molecule has 5 nitrogen and oxygen atoms in total. The third kappa shape index (κ3) is 2.92. The molecular formula is C15H19N3O2. The zero-order valence-electron chi connectivity index (χ0n) is 11.3. The maximum Gasteiger partial charge on any atom is 0.242 e. The molecule has 0 radical (unpaired) electrons. The van der Waals surface area contributed by atoms with Crippen molar-refractivity contribution in [2.24, 2.45) is 5.92 Å². The first-order valence-electron chi connectivity index (χ1n) is 7.14. The summed E-state index contributed by atoms with van der Waals surface area (Å²) in [6, 6.07) is 7.75. The van der Waals surface area contributed by atoms with Crippen molar-refractivity contribution in [1.29, 1.82) is 0 Å². The minimum Gasteiger partial charge on any atom is -0.373 e. The third-order valence-corrected chi connectivity index (χ3v) is 3.76. The van der Waals surface area contributed by atoms with Gasteiger partial charge in [0.05, 0.1) is 0 Å². The quantitative estimate of drug-likeness (QED) is 0.690. The van der Waals surface area contributed by atoms with E-state index in [9.17, 15) is 9.59 Å². The van der Waals surface area contributed by atoms with Gasteiger partial charge in [-0.05, 0) is 24.5 Å². The van der Waals surface area contributed by atoms with Gasteiger partial charge in [0.2, 0.25) is 11.8 Å². The van der Waals surface area contributed by atoms with Crippen LogP contribution in [0.5, 0.6) is 0 Å². The highest BCUT2D eigenvalue weighted by atomic mass is 16.2. The van der Waals surface area contributed by atoms with Crippen LogP contribution in [-0.2, 0) is 16.0 Å². The lowest BCUT2D eigenvalue weighted by atomic mass is 10.1. The molecule has 0 bridgehead atoms. The number of nitrogens with one attached hydrogen (secondary N) is 3. The fraction of sp³-hybridized carbons (Fsp3) is 0.467. The molecule has 1 aromatic carbocycles. The Morgan fingerprint density at radius 3 is 2.50 bits per heavy atom. The van der Waals surface area contributed by atoms with E-state index in [0.29, 0.717) is 13.1 Å². The van der Waals surface area contributed by atoms with Crippen LogP contribution in [0.1, 0.15) is 18.4 Å². The summed E-state index contributed by atoms with van der Waals surface area (Å²) in [6.07, 6.45) is 2.72. The van der Waals surface area contributed by atoms with Crippen molar-refractivity contribution in [2.75, 3.05) is 18.4 Å². The van der Waals surface area contributed by atoms with Crippen LogP contribution in [0.3, 0.4) is 0 Å². The van der Waals surface area contributed by atoms with Crippen molar-refractivity contribution in [3.05, 3.63) is 29.8 Å². The van der Waals surface area contributed by atoms with Gasteiger partial charge >= 0.3 is 0 Å². The molecule has 0 spiro atoms. The van der Waals surface area contributed by atoms with Gasteiger partial charge in [-0.25, -0.2) is 0 Å². The van der Waals surface area contributed by atoms with E-state index in [2.05, 4.69) is 16.0 Å². The van der Waals surface area contributed by atoms with E-state index in [1.807, 2.05) is 24.3 Å². The second kappa shape index (κ2) is 5.53. The summed E-state index contributed by atoms with van der Waals surface area (Å²) < 4.78 is 0. The molecule has 5 heteroatoms.